The Hall–Kier alpha value is -1.34. The Bertz CT molecular complexity index is 451. The first-order valence-corrected chi connectivity index (χ1v) is 7.30. The van der Waals surface area contributed by atoms with Crippen LogP contribution in [0, 0.1) is 10.2 Å². The maximum Gasteiger partial charge on any atom is 0.338 e. The molecule has 1 aromatic rings. The molecule has 12 heteroatoms. The van der Waals surface area contributed by atoms with Gasteiger partial charge in [0.15, 0.2) is 0 Å². The van der Waals surface area contributed by atoms with Gasteiger partial charge in [-0.2, -0.15) is 0 Å². The second-order valence-electron chi connectivity index (χ2n) is 4.44. The van der Waals surface area contributed by atoms with Crippen molar-refractivity contribution in [1.82, 2.24) is 19.4 Å². The zero-order valence-electron chi connectivity index (χ0n) is 12.4. The SMILES string of the molecule is COc1nc(OC)nc([N+]2(C)CCOCC2)n1.[O-][Cl+3]([O-])([O-])[O-]. The van der Waals surface area contributed by atoms with E-state index in [-0.39, 0.29) is 12.0 Å². The zero-order valence-corrected chi connectivity index (χ0v) is 13.1. The summed E-state index contributed by atoms with van der Waals surface area (Å²) in [6, 6.07) is 0.551. The van der Waals surface area contributed by atoms with Gasteiger partial charge < -0.3 is 14.2 Å². The van der Waals surface area contributed by atoms with Gasteiger partial charge in [-0.3, -0.25) is 4.48 Å². The highest BCUT2D eigenvalue weighted by molar-refractivity contribution is 5.27. The Morgan fingerprint density at radius 2 is 1.36 bits per heavy atom. The third kappa shape index (κ3) is 6.19. The van der Waals surface area contributed by atoms with Crippen LogP contribution < -0.4 is 32.6 Å². The van der Waals surface area contributed by atoms with Gasteiger partial charge in [0.1, 0.15) is 13.1 Å². The highest BCUT2D eigenvalue weighted by Gasteiger charge is 2.32. The molecule has 2 heterocycles. The van der Waals surface area contributed by atoms with Gasteiger partial charge in [-0.05, 0) is 0 Å². The number of likely N-dealkylation sites (N-methyl/N-ethyl adjacent to an activating group) is 1. The van der Waals surface area contributed by atoms with Gasteiger partial charge >= 0.3 is 18.0 Å². The highest BCUT2D eigenvalue weighted by atomic mass is 35.7. The second kappa shape index (κ2) is 7.78. The minimum atomic E-state index is -4.94. The first kappa shape index (κ1) is 18.7. The number of rotatable bonds is 3. The van der Waals surface area contributed by atoms with Crippen LogP contribution in [0.5, 0.6) is 12.0 Å². The topological polar surface area (TPSA) is 159 Å². The molecule has 1 aliphatic heterocycles. The van der Waals surface area contributed by atoms with E-state index < -0.39 is 10.2 Å². The quantitative estimate of drug-likeness (QED) is 0.488. The molecule has 0 aliphatic carbocycles. The van der Waals surface area contributed by atoms with Gasteiger partial charge in [0.05, 0.1) is 34.5 Å². The van der Waals surface area contributed by atoms with Crippen LogP contribution in [0.4, 0.5) is 5.95 Å². The normalized spacial score (nSPS) is 17.2. The predicted molar refractivity (Wildman–Crippen MR) is 61.2 cm³/mol. The molecular formula is C10H17ClN4O7. The summed E-state index contributed by atoms with van der Waals surface area (Å²) in [4.78, 5) is 12.6. The summed E-state index contributed by atoms with van der Waals surface area (Å²) in [5, 5.41) is 0. The first-order chi connectivity index (χ1) is 10.2. The summed E-state index contributed by atoms with van der Waals surface area (Å²) in [6.07, 6.45) is 0. The van der Waals surface area contributed by atoms with Crippen molar-refractivity contribution in [1.29, 1.82) is 0 Å². The zero-order chi connectivity index (χ0) is 16.8. The number of morpholine rings is 1. The van der Waals surface area contributed by atoms with E-state index in [2.05, 4.69) is 22.0 Å². The molecule has 1 aromatic heterocycles. The highest BCUT2D eigenvalue weighted by Crippen LogP contribution is 2.22. The number of hydrogen-bond donors (Lipinski definition) is 0. The maximum atomic E-state index is 8.49. The average molecular weight is 341 g/mol. The lowest BCUT2D eigenvalue weighted by Gasteiger charge is -2.34. The fourth-order valence-corrected chi connectivity index (χ4v) is 1.70. The molecule has 2 rings (SSSR count). The lowest BCUT2D eigenvalue weighted by atomic mass is 10.4. The first-order valence-electron chi connectivity index (χ1n) is 6.06. The Balaban J connectivity index is 0.000000422. The monoisotopic (exact) mass is 340 g/mol. The van der Waals surface area contributed by atoms with Crippen LogP contribution in [0.25, 0.3) is 0 Å². The lowest BCUT2D eigenvalue weighted by molar-refractivity contribution is -2.00. The fraction of sp³-hybridized carbons (Fsp3) is 0.700. The predicted octanol–water partition coefficient (Wildman–Crippen LogP) is -4.90. The smallest absolute Gasteiger partial charge is 0.338 e. The molecule has 0 aromatic carbocycles. The van der Waals surface area contributed by atoms with E-state index in [1.807, 2.05) is 0 Å². The number of aromatic nitrogens is 3. The second-order valence-corrected chi connectivity index (χ2v) is 5.20. The van der Waals surface area contributed by atoms with Crippen molar-refractivity contribution in [3.05, 3.63) is 0 Å². The van der Waals surface area contributed by atoms with E-state index >= 15 is 0 Å². The lowest BCUT2D eigenvalue weighted by Crippen LogP contribution is -2.68. The van der Waals surface area contributed by atoms with Crippen molar-refractivity contribution < 1.29 is 43.1 Å². The van der Waals surface area contributed by atoms with Crippen molar-refractivity contribution in [2.45, 2.75) is 0 Å². The van der Waals surface area contributed by atoms with Crippen molar-refractivity contribution >= 4 is 5.95 Å². The van der Waals surface area contributed by atoms with E-state index in [0.29, 0.717) is 23.6 Å². The molecule has 0 spiro atoms. The molecule has 0 radical (unpaired) electrons. The van der Waals surface area contributed by atoms with E-state index in [1.54, 1.807) is 0 Å². The number of ether oxygens (including phenoxy) is 3. The molecule has 0 saturated carbocycles. The molecule has 126 valence electrons. The standard InChI is InChI=1S/C10H17N4O3.ClHO4/c1-14(4-6-17-7-5-14)8-11-9(15-2)13-10(12-8)16-3;2-1(3,4)5/h4-7H2,1-3H3;(H,2,3,4,5)/q+1;/p-1. The maximum absolute atomic E-state index is 8.49. The van der Waals surface area contributed by atoms with Gasteiger partial charge in [-0.1, -0.05) is 0 Å². The van der Waals surface area contributed by atoms with Crippen LogP contribution in [0.2, 0.25) is 0 Å². The molecule has 0 amide bonds. The summed E-state index contributed by atoms with van der Waals surface area (Å²) < 4.78 is 50.0. The molecule has 0 unspecified atom stereocenters. The molecule has 1 saturated heterocycles. The number of quaternary nitrogens is 1. The van der Waals surface area contributed by atoms with Crippen LogP contribution >= 0.6 is 0 Å². The Labute approximate surface area is 129 Å². The van der Waals surface area contributed by atoms with Gasteiger partial charge in [-0.25, -0.2) is 18.6 Å². The summed E-state index contributed by atoms with van der Waals surface area (Å²) in [7, 11) is 0.173. The van der Waals surface area contributed by atoms with Crippen LogP contribution in [-0.2, 0) is 4.74 Å². The summed E-state index contributed by atoms with van der Waals surface area (Å²) in [5.41, 5.74) is 0. The molecule has 11 nitrogen and oxygen atoms in total. The van der Waals surface area contributed by atoms with Crippen molar-refractivity contribution in [3.63, 3.8) is 0 Å². The summed E-state index contributed by atoms with van der Waals surface area (Å²) in [5.74, 6) is 0.650. The average Bonchev–Trinajstić information content (AvgIpc) is 2.45. The molecule has 0 bridgehead atoms. The minimum Gasteiger partial charge on any atom is -0.466 e. The van der Waals surface area contributed by atoms with E-state index in [1.165, 1.54) is 14.2 Å². The van der Waals surface area contributed by atoms with Gasteiger partial charge in [-0.15, -0.1) is 25.2 Å². The Morgan fingerprint density at radius 3 is 1.73 bits per heavy atom. The number of methoxy groups -OCH3 is 2. The molecule has 0 atom stereocenters. The van der Waals surface area contributed by atoms with E-state index in [9.17, 15) is 0 Å². The van der Waals surface area contributed by atoms with Gasteiger partial charge in [0.2, 0.25) is 0 Å². The van der Waals surface area contributed by atoms with E-state index in [4.69, 9.17) is 32.8 Å². The van der Waals surface area contributed by atoms with Crippen LogP contribution in [-0.4, -0.2) is 62.5 Å². The van der Waals surface area contributed by atoms with Crippen molar-refractivity contribution in [3.8, 4) is 12.0 Å². The number of halogens is 1. The number of nitrogens with zero attached hydrogens (tertiary/aromatic N) is 4. The summed E-state index contributed by atoms with van der Waals surface area (Å²) in [6.45, 7) is 3.06. The molecule has 22 heavy (non-hydrogen) atoms. The fourth-order valence-electron chi connectivity index (χ4n) is 1.70. The third-order valence-corrected chi connectivity index (χ3v) is 2.89. The van der Waals surface area contributed by atoms with E-state index in [0.717, 1.165) is 13.1 Å². The number of hydrogen-bond acceptors (Lipinski definition) is 10. The van der Waals surface area contributed by atoms with Crippen LogP contribution in [0.15, 0.2) is 0 Å². The van der Waals surface area contributed by atoms with Gasteiger partial charge in [0, 0.05) is 0 Å². The third-order valence-electron chi connectivity index (χ3n) is 2.89. The van der Waals surface area contributed by atoms with Crippen LogP contribution in [0.1, 0.15) is 0 Å². The van der Waals surface area contributed by atoms with Crippen molar-refractivity contribution in [2.75, 3.05) is 47.6 Å². The largest absolute Gasteiger partial charge is 0.466 e. The van der Waals surface area contributed by atoms with Crippen LogP contribution in [0.3, 0.4) is 0 Å². The molecule has 0 N–H and O–H groups in total. The van der Waals surface area contributed by atoms with Gasteiger partial charge in [0.25, 0.3) is 0 Å². The molecule has 1 fully saturated rings. The molecule has 1 aliphatic rings. The minimum absolute atomic E-state index is 0.276. The van der Waals surface area contributed by atoms with Crippen molar-refractivity contribution in [2.24, 2.45) is 0 Å². The molecular weight excluding hydrogens is 324 g/mol. The Morgan fingerprint density at radius 1 is 0.955 bits per heavy atom. The Kier molecular flexibility index (Phi) is 6.62. The summed E-state index contributed by atoms with van der Waals surface area (Å²) >= 11 is 0.